The first kappa shape index (κ1) is 28.2. The highest BCUT2D eigenvalue weighted by Gasteiger charge is 2.48. The van der Waals surface area contributed by atoms with E-state index >= 15 is 0 Å². The number of anilines is 1. The summed E-state index contributed by atoms with van der Waals surface area (Å²) in [5, 5.41) is 24.5. The first-order valence-corrected chi connectivity index (χ1v) is 14.2. The molecule has 2 amide bonds. The van der Waals surface area contributed by atoms with Crippen molar-refractivity contribution in [2.75, 3.05) is 18.8 Å². The van der Waals surface area contributed by atoms with Crippen LogP contribution in [0.3, 0.4) is 0 Å². The van der Waals surface area contributed by atoms with Gasteiger partial charge in [-0.05, 0) is 61.8 Å². The maximum atomic E-state index is 12.5. The third kappa shape index (κ3) is 5.98. The molecule has 13 nitrogen and oxygen atoms in total. The summed E-state index contributed by atoms with van der Waals surface area (Å²) in [6, 6.07) is 6.72. The molecule has 5 N–H and O–H groups in total. The summed E-state index contributed by atoms with van der Waals surface area (Å²) in [5.41, 5.74) is 6.67. The number of nitrogens with zero attached hydrogens (tertiary/aromatic N) is 5. The third-order valence-corrected chi connectivity index (χ3v) is 7.88. The summed E-state index contributed by atoms with van der Waals surface area (Å²) in [5.74, 6) is 6.59. The number of carbonyl (C=O) groups is 2. The first-order valence-electron chi connectivity index (χ1n) is 13.8. The van der Waals surface area contributed by atoms with E-state index in [0.717, 1.165) is 25.7 Å². The van der Waals surface area contributed by atoms with Crippen LogP contribution in [0.5, 0.6) is 5.75 Å². The van der Waals surface area contributed by atoms with Crippen LogP contribution < -0.4 is 15.8 Å². The number of aliphatic hydroxyl groups is 2. The van der Waals surface area contributed by atoms with Crippen LogP contribution in [0.25, 0.3) is 11.2 Å². The summed E-state index contributed by atoms with van der Waals surface area (Å²) in [6.07, 6.45) is -0.282. The van der Waals surface area contributed by atoms with Gasteiger partial charge in [-0.2, -0.15) is 0 Å². The number of likely N-dealkylation sites (tertiary alicyclic amines) is 1. The average Bonchev–Trinajstić information content (AvgIpc) is 3.61. The lowest BCUT2D eigenvalue weighted by atomic mass is 9.94. The summed E-state index contributed by atoms with van der Waals surface area (Å²) < 4.78 is 12.6. The standard InChI is InChI=1S/C28H30ClN7O6/c29-16-4-8-18(9-5-16)41-28(40)35-12-10-15(11-13-35)2-1-3-19-33-24(30)20-25(34-19)36(14-31-20)27-22(38)21(37)23(42-27)26(39)32-17-6-7-17/h4-5,8-9,14-15,17,21-23,27,37-38H,2,6-7,10-13H2,(H,32,39)(H2,30,33,34)/t21?,22?,23-,27+/m0/s1. The molecule has 3 fully saturated rings. The van der Waals surface area contributed by atoms with E-state index < -0.39 is 36.5 Å². The van der Waals surface area contributed by atoms with Crippen molar-refractivity contribution < 1.29 is 29.3 Å². The molecule has 2 saturated heterocycles. The predicted octanol–water partition coefficient (Wildman–Crippen LogP) is 1.61. The number of nitrogens with one attached hydrogen (secondary N) is 1. The van der Waals surface area contributed by atoms with Crippen LogP contribution >= 0.6 is 11.6 Å². The van der Waals surface area contributed by atoms with Gasteiger partial charge in [0.1, 0.15) is 23.5 Å². The van der Waals surface area contributed by atoms with E-state index in [0.29, 0.717) is 30.3 Å². The molecule has 0 bridgehead atoms. The molecule has 14 heteroatoms. The number of benzene rings is 1. The van der Waals surface area contributed by atoms with Crippen molar-refractivity contribution in [1.29, 1.82) is 0 Å². The highest BCUT2D eigenvalue weighted by atomic mass is 35.5. The monoisotopic (exact) mass is 595 g/mol. The number of nitrogens with two attached hydrogens (primary N) is 1. The fourth-order valence-corrected chi connectivity index (χ4v) is 5.19. The molecule has 0 radical (unpaired) electrons. The summed E-state index contributed by atoms with van der Waals surface area (Å²) in [7, 11) is 0. The molecule has 1 aromatic carbocycles. The minimum absolute atomic E-state index is 0.0800. The number of ether oxygens (including phenoxy) is 2. The maximum absolute atomic E-state index is 12.5. The summed E-state index contributed by atoms with van der Waals surface area (Å²) in [6.45, 7) is 1.12. The average molecular weight is 596 g/mol. The van der Waals surface area contributed by atoms with Gasteiger partial charge < -0.3 is 35.6 Å². The second-order valence-electron chi connectivity index (χ2n) is 10.7. The Morgan fingerprint density at radius 3 is 2.57 bits per heavy atom. The summed E-state index contributed by atoms with van der Waals surface area (Å²) in [4.78, 5) is 39.6. The lowest BCUT2D eigenvalue weighted by molar-refractivity contribution is -0.137. The number of amides is 2. The van der Waals surface area contributed by atoms with Crippen molar-refractivity contribution in [2.45, 2.75) is 62.7 Å². The van der Waals surface area contributed by atoms with Crippen molar-refractivity contribution in [3.05, 3.63) is 41.4 Å². The fourth-order valence-electron chi connectivity index (χ4n) is 5.06. The van der Waals surface area contributed by atoms with Crippen LogP contribution in [-0.2, 0) is 9.53 Å². The molecule has 1 saturated carbocycles. The van der Waals surface area contributed by atoms with Gasteiger partial charge in [0.2, 0.25) is 5.82 Å². The number of aromatic nitrogens is 4. The second kappa shape index (κ2) is 11.7. The molecule has 42 heavy (non-hydrogen) atoms. The minimum Gasteiger partial charge on any atom is -0.410 e. The number of rotatable bonds is 5. The van der Waals surface area contributed by atoms with Crippen molar-refractivity contribution in [2.24, 2.45) is 5.92 Å². The zero-order valence-electron chi connectivity index (χ0n) is 22.5. The number of imidazole rings is 1. The zero-order chi connectivity index (χ0) is 29.4. The van der Waals surface area contributed by atoms with Gasteiger partial charge >= 0.3 is 6.09 Å². The summed E-state index contributed by atoms with van der Waals surface area (Å²) >= 11 is 5.88. The SMILES string of the molecule is Nc1nc(C#CCC2CCN(C(=O)Oc3ccc(Cl)cc3)CC2)nc2c1ncn2[C@@H]1O[C@H](C(=O)NC2CC2)C(O)C1O. The van der Waals surface area contributed by atoms with Gasteiger partial charge in [0.15, 0.2) is 23.8 Å². The first-order chi connectivity index (χ1) is 20.3. The highest BCUT2D eigenvalue weighted by molar-refractivity contribution is 6.30. The molecule has 6 rings (SSSR count). The Balaban J connectivity index is 1.08. The van der Waals surface area contributed by atoms with Crippen LogP contribution in [0.2, 0.25) is 5.02 Å². The van der Waals surface area contributed by atoms with Crippen molar-refractivity contribution in [3.63, 3.8) is 0 Å². The number of aliphatic hydroxyl groups excluding tert-OH is 2. The van der Waals surface area contributed by atoms with Crippen molar-refractivity contribution in [3.8, 4) is 17.6 Å². The van der Waals surface area contributed by atoms with Crippen LogP contribution in [0, 0.1) is 17.8 Å². The lowest BCUT2D eigenvalue weighted by Gasteiger charge is -2.30. The topological polar surface area (TPSA) is 178 Å². The molecule has 4 heterocycles. The number of piperidine rings is 1. The van der Waals surface area contributed by atoms with Crippen molar-refractivity contribution in [1.82, 2.24) is 29.7 Å². The number of halogens is 1. The van der Waals surface area contributed by atoms with Crippen molar-refractivity contribution >= 4 is 40.6 Å². The van der Waals surface area contributed by atoms with E-state index in [1.807, 2.05) is 0 Å². The van der Waals surface area contributed by atoms with Crippen LogP contribution in [0.15, 0.2) is 30.6 Å². The van der Waals surface area contributed by atoms with Crippen LogP contribution in [-0.4, -0.2) is 84.1 Å². The number of fused-ring (bicyclic) bond motifs is 1. The zero-order valence-corrected chi connectivity index (χ0v) is 23.3. The van der Waals surface area contributed by atoms with E-state index in [4.69, 9.17) is 26.8 Å². The Labute approximate surface area is 246 Å². The van der Waals surface area contributed by atoms with E-state index in [-0.39, 0.29) is 34.8 Å². The number of carbonyl (C=O) groups excluding carboxylic acids is 2. The Kier molecular flexibility index (Phi) is 7.87. The van der Waals surface area contributed by atoms with Gasteiger partial charge in [0, 0.05) is 30.6 Å². The van der Waals surface area contributed by atoms with Gasteiger partial charge in [0.05, 0.1) is 6.33 Å². The van der Waals surface area contributed by atoms with Gasteiger partial charge in [-0.25, -0.2) is 19.7 Å². The largest absolute Gasteiger partial charge is 0.415 e. The van der Waals surface area contributed by atoms with Gasteiger partial charge in [-0.15, -0.1) is 0 Å². The van der Waals surface area contributed by atoms with Crippen LogP contribution in [0.1, 0.15) is 44.2 Å². The minimum atomic E-state index is -1.42. The molecule has 4 atom stereocenters. The van der Waals surface area contributed by atoms with E-state index in [1.165, 1.54) is 10.9 Å². The molecule has 3 aliphatic rings. The number of nitrogen functional groups attached to an aromatic ring is 1. The molecule has 3 aromatic rings. The van der Waals surface area contributed by atoms with E-state index in [9.17, 15) is 19.8 Å². The van der Waals surface area contributed by atoms with Gasteiger partial charge in [-0.3, -0.25) is 9.36 Å². The van der Waals surface area contributed by atoms with E-state index in [1.54, 1.807) is 29.2 Å². The van der Waals surface area contributed by atoms with Crippen LogP contribution in [0.4, 0.5) is 10.6 Å². The molecular formula is C28H30ClN7O6. The molecule has 2 unspecified atom stereocenters. The molecular weight excluding hydrogens is 566 g/mol. The normalized spacial score (nSPS) is 24.3. The van der Waals surface area contributed by atoms with Gasteiger partial charge in [0.25, 0.3) is 5.91 Å². The Hall–Kier alpha value is -3.96. The Morgan fingerprint density at radius 2 is 1.86 bits per heavy atom. The second-order valence-corrected chi connectivity index (χ2v) is 11.2. The molecule has 0 spiro atoms. The molecule has 1 aliphatic carbocycles. The smallest absolute Gasteiger partial charge is 0.410 e. The highest BCUT2D eigenvalue weighted by Crippen LogP contribution is 2.33. The number of hydrogen-bond donors (Lipinski definition) is 4. The van der Waals surface area contributed by atoms with E-state index in [2.05, 4.69) is 32.1 Å². The number of hydrogen-bond acceptors (Lipinski definition) is 10. The quantitative estimate of drug-likeness (QED) is 0.317. The molecule has 220 valence electrons. The molecule has 2 aliphatic heterocycles. The Morgan fingerprint density at radius 1 is 1.12 bits per heavy atom. The maximum Gasteiger partial charge on any atom is 0.415 e. The Bertz CT molecular complexity index is 1540. The predicted molar refractivity (Wildman–Crippen MR) is 150 cm³/mol. The lowest BCUT2D eigenvalue weighted by Crippen LogP contribution is -2.43. The third-order valence-electron chi connectivity index (χ3n) is 7.63. The fraction of sp³-hybridized carbons (Fsp3) is 0.464. The van der Waals surface area contributed by atoms with Gasteiger partial charge in [-0.1, -0.05) is 17.5 Å². The molecule has 2 aromatic heterocycles.